The molecule has 2 aromatic carbocycles. The van der Waals surface area contributed by atoms with Crippen LogP contribution in [0.25, 0.3) is 16.5 Å². The molecular formula is C24H26F3N5S. The second kappa shape index (κ2) is 9.94. The summed E-state index contributed by atoms with van der Waals surface area (Å²) < 4.78 is 38.2. The highest BCUT2D eigenvalue weighted by Crippen LogP contribution is 2.35. The molecule has 3 aromatic rings. The van der Waals surface area contributed by atoms with Gasteiger partial charge in [-0.15, -0.1) is 0 Å². The van der Waals surface area contributed by atoms with Crippen molar-refractivity contribution in [2.24, 2.45) is 5.73 Å². The van der Waals surface area contributed by atoms with Gasteiger partial charge in [0.2, 0.25) is 0 Å². The zero-order valence-corrected chi connectivity index (χ0v) is 19.0. The van der Waals surface area contributed by atoms with Gasteiger partial charge in [-0.2, -0.15) is 13.2 Å². The van der Waals surface area contributed by atoms with E-state index in [1.54, 1.807) is 11.3 Å². The second-order valence-electron chi connectivity index (χ2n) is 7.99. The Labute approximate surface area is 194 Å². The molecule has 1 atom stereocenters. The van der Waals surface area contributed by atoms with Crippen molar-refractivity contribution in [3.05, 3.63) is 76.6 Å². The fourth-order valence-electron chi connectivity index (χ4n) is 3.73. The van der Waals surface area contributed by atoms with Crippen LogP contribution in [-0.2, 0) is 25.7 Å². The van der Waals surface area contributed by atoms with E-state index >= 15 is 0 Å². The molecule has 0 radical (unpaired) electrons. The standard InChI is InChI=1S/C24H26F3N5S/c1-29-14-21-22(17-4-5-18-12-30-9-8-16(18)11-17)33-23(32-21)31-13-20(28)10-15-2-6-19(7-3-15)24(25,26)27/h2-9,11,20,29-30H,10,12-14,28H2,1H3,(H,31,32)/t20-/m0/s1. The fourth-order valence-corrected chi connectivity index (χ4v) is 4.72. The molecule has 4 rings (SSSR count). The molecule has 2 heterocycles. The van der Waals surface area contributed by atoms with Crippen LogP contribution >= 0.6 is 11.3 Å². The topological polar surface area (TPSA) is 75.0 Å². The van der Waals surface area contributed by atoms with Crippen molar-refractivity contribution in [3.63, 3.8) is 0 Å². The Kier molecular flexibility index (Phi) is 7.02. The normalized spacial score (nSPS) is 14.0. The average Bonchev–Trinajstić information content (AvgIpc) is 3.20. The molecule has 0 amide bonds. The number of benzene rings is 2. The van der Waals surface area contributed by atoms with Gasteiger partial charge in [0, 0.05) is 25.7 Å². The predicted octanol–water partition coefficient (Wildman–Crippen LogP) is 4.60. The summed E-state index contributed by atoms with van der Waals surface area (Å²) in [4.78, 5) is 5.84. The first kappa shape index (κ1) is 23.3. The van der Waals surface area contributed by atoms with Crippen molar-refractivity contribution in [1.82, 2.24) is 15.6 Å². The highest BCUT2D eigenvalue weighted by molar-refractivity contribution is 7.19. The van der Waals surface area contributed by atoms with E-state index in [9.17, 15) is 13.2 Å². The minimum Gasteiger partial charge on any atom is -0.387 e. The molecule has 174 valence electrons. The molecule has 1 aromatic heterocycles. The summed E-state index contributed by atoms with van der Waals surface area (Å²) >= 11 is 1.57. The molecule has 1 aliphatic heterocycles. The van der Waals surface area contributed by atoms with Gasteiger partial charge in [-0.3, -0.25) is 0 Å². The third kappa shape index (κ3) is 5.73. The van der Waals surface area contributed by atoms with Gasteiger partial charge >= 0.3 is 6.18 Å². The minimum absolute atomic E-state index is 0.261. The lowest BCUT2D eigenvalue weighted by Crippen LogP contribution is -2.31. The third-order valence-corrected chi connectivity index (χ3v) is 6.52. The van der Waals surface area contributed by atoms with Gasteiger partial charge in [0.25, 0.3) is 0 Å². The largest absolute Gasteiger partial charge is 0.416 e. The molecule has 0 unspecified atom stereocenters. The Morgan fingerprint density at radius 1 is 1.18 bits per heavy atom. The molecule has 0 spiro atoms. The second-order valence-corrected chi connectivity index (χ2v) is 8.99. The summed E-state index contributed by atoms with van der Waals surface area (Å²) in [5, 5.41) is 10.5. The van der Waals surface area contributed by atoms with Gasteiger partial charge < -0.3 is 21.7 Å². The van der Waals surface area contributed by atoms with Crippen molar-refractivity contribution in [3.8, 4) is 10.4 Å². The number of nitrogens with two attached hydrogens (primary N) is 1. The molecule has 9 heteroatoms. The molecule has 0 fully saturated rings. The summed E-state index contributed by atoms with van der Waals surface area (Å²) in [5.74, 6) is 0. The zero-order valence-electron chi connectivity index (χ0n) is 18.2. The predicted molar refractivity (Wildman–Crippen MR) is 128 cm³/mol. The van der Waals surface area contributed by atoms with Crippen molar-refractivity contribution < 1.29 is 13.2 Å². The Balaban J connectivity index is 1.43. The van der Waals surface area contributed by atoms with Crippen LogP contribution in [0.5, 0.6) is 0 Å². The van der Waals surface area contributed by atoms with Crippen molar-refractivity contribution in [1.29, 1.82) is 0 Å². The summed E-state index contributed by atoms with van der Waals surface area (Å²) in [6.07, 6.45) is 0.165. The summed E-state index contributed by atoms with van der Waals surface area (Å²) in [6, 6.07) is 11.3. The lowest BCUT2D eigenvalue weighted by Gasteiger charge is -2.13. The first-order valence-corrected chi connectivity index (χ1v) is 11.5. The van der Waals surface area contributed by atoms with Crippen molar-refractivity contribution in [2.45, 2.75) is 31.7 Å². The van der Waals surface area contributed by atoms with Crippen LogP contribution in [-0.4, -0.2) is 24.6 Å². The highest BCUT2D eigenvalue weighted by atomic mass is 32.1. The smallest absolute Gasteiger partial charge is 0.387 e. The average molecular weight is 474 g/mol. The van der Waals surface area contributed by atoms with Crippen LogP contribution in [0.4, 0.5) is 18.3 Å². The Bertz CT molecular complexity index is 1120. The molecule has 5 N–H and O–H groups in total. The SMILES string of the molecule is CNCc1nc(NC[C@@H](N)Cc2ccc(C(F)(F)F)cc2)sc1-c1ccc2c(c1)C=CNC2. The number of nitrogens with zero attached hydrogens (tertiary/aromatic N) is 1. The molecular weight excluding hydrogens is 447 g/mol. The van der Waals surface area contributed by atoms with Gasteiger partial charge in [0.15, 0.2) is 5.13 Å². The van der Waals surface area contributed by atoms with Gasteiger partial charge in [0.05, 0.1) is 16.1 Å². The number of hydrogen-bond acceptors (Lipinski definition) is 6. The van der Waals surface area contributed by atoms with E-state index in [4.69, 9.17) is 10.7 Å². The van der Waals surface area contributed by atoms with Gasteiger partial charge in [-0.25, -0.2) is 4.98 Å². The number of anilines is 1. The summed E-state index contributed by atoms with van der Waals surface area (Å²) in [6.45, 7) is 1.92. The van der Waals surface area contributed by atoms with E-state index in [0.29, 0.717) is 19.5 Å². The lowest BCUT2D eigenvalue weighted by atomic mass is 10.0. The van der Waals surface area contributed by atoms with Crippen LogP contribution in [0.1, 0.15) is 27.9 Å². The van der Waals surface area contributed by atoms with Crippen LogP contribution < -0.4 is 21.7 Å². The number of halogens is 3. The van der Waals surface area contributed by atoms with Crippen LogP contribution in [0.15, 0.2) is 48.7 Å². The molecule has 0 saturated carbocycles. The number of nitrogens with one attached hydrogen (secondary N) is 3. The van der Waals surface area contributed by atoms with E-state index in [1.807, 2.05) is 13.2 Å². The number of rotatable bonds is 8. The maximum atomic E-state index is 12.7. The maximum absolute atomic E-state index is 12.7. The molecule has 1 aliphatic rings. The molecule has 0 aliphatic carbocycles. The molecule has 0 bridgehead atoms. The maximum Gasteiger partial charge on any atom is 0.416 e. The van der Waals surface area contributed by atoms with E-state index in [2.05, 4.69) is 40.2 Å². The molecule has 33 heavy (non-hydrogen) atoms. The Morgan fingerprint density at radius 3 is 2.70 bits per heavy atom. The fraction of sp³-hybridized carbons (Fsp3) is 0.292. The number of fused-ring (bicyclic) bond motifs is 1. The zero-order chi connectivity index (χ0) is 23.4. The summed E-state index contributed by atoms with van der Waals surface area (Å²) in [5.41, 5.74) is 10.9. The monoisotopic (exact) mass is 473 g/mol. The van der Waals surface area contributed by atoms with Crippen molar-refractivity contribution >= 4 is 22.5 Å². The number of alkyl halides is 3. The number of aromatic nitrogens is 1. The third-order valence-electron chi connectivity index (χ3n) is 5.42. The lowest BCUT2D eigenvalue weighted by molar-refractivity contribution is -0.137. The number of thiazole rings is 1. The Morgan fingerprint density at radius 2 is 1.97 bits per heavy atom. The Hall–Kier alpha value is -2.88. The van der Waals surface area contributed by atoms with Gasteiger partial charge in [0.1, 0.15) is 0 Å². The minimum atomic E-state index is -4.33. The molecule has 5 nitrogen and oxygen atoms in total. The first-order chi connectivity index (χ1) is 15.8. The van der Waals surface area contributed by atoms with E-state index in [0.717, 1.165) is 45.5 Å². The van der Waals surface area contributed by atoms with Gasteiger partial charge in [-0.05, 0) is 66.2 Å². The van der Waals surface area contributed by atoms with Gasteiger partial charge in [-0.1, -0.05) is 35.6 Å². The van der Waals surface area contributed by atoms with Crippen LogP contribution in [0.3, 0.4) is 0 Å². The quantitative estimate of drug-likeness (QED) is 0.385. The number of hydrogen-bond donors (Lipinski definition) is 4. The summed E-state index contributed by atoms with van der Waals surface area (Å²) in [7, 11) is 1.89. The molecule has 0 saturated heterocycles. The highest BCUT2D eigenvalue weighted by Gasteiger charge is 2.30. The van der Waals surface area contributed by atoms with Crippen molar-refractivity contribution in [2.75, 3.05) is 18.9 Å². The van der Waals surface area contributed by atoms with E-state index < -0.39 is 11.7 Å². The first-order valence-electron chi connectivity index (χ1n) is 10.7. The van der Waals surface area contributed by atoms with E-state index in [1.165, 1.54) is 23.3 Å². The van der Waals surface area contributed by atoms with Crippen LogP contribution in [0, 0.1) is 0 Å². The van der Waals surface area contributed by atoms with Crippen LogP contribution in [0.2, 0.25) is 0 Å². The van der Waals surface area contributed by atoms with E-state index in [-0.39, 0.29) is 6.04 Å².